The molecule has 0 amide bonds. The third-order valence-electron chi connectivity index (χ3n) is 2.14. The first-order valence-electron chi connectivity index (χ1n) is 5.05. The van der Waals surface area contributed by atoms with Crippen molar-refractivity contribution in [3.8, 4) is 5.75 Å². The van der Waals surface area contributed by atoms with Crippen LogP contribution in [0.15, 0.2) is 30.9 Å². The van der Waals surface area contributed by atoms with Gasteiger partial charge in [-0.15, -0.1) is 6.58 Å². The number of hydrogen-bond acceptors (Lipinski definition) is 1. The van der Waals surface area contributed by atoms with Crippen LogP contribution >= 0.6 is 0 Å². The van der Waals surface area contributed by atoms with E-state index in [1.165, 1.54) is 11.1 Å². The molecule has 0 N–H and O–H groups in total. The molecule has 14 heavy (non-hydrogen) atoms. The number of allylic oxidation sites excluding steroid dienone is 1. The average molecular weight is 190 g/mol. The lowest BCUT2D eigenvalue weighted by atomic mass is 10.1. The second-order valence-electron chi connectivity index (χ2n) is 3.55. The Morgan fingerprint density at radius 2 is 2.14 bits per heavy atom. The molecule has 0 unspecified atom stereocenters. The largest absolute Gasteiger partial charge is 0.493 e. The van der Waals surface area contributed by atoms with E-state index in [1.54, 1.807) is 0 Å². The fourth-order valence-electron chi connectivity index (χ4n) is 1.37. The topological polar surface area (TPSA) is 9.23 Å². The summed E-state index contributed by atoms with van der Waals surface area (Å²) < 4.78 is 5.65. The lowest BCUT2D eigenvalue weighted by molar-refractivity contribution is 0.310. The molecule has 0 spiro atoms. The summed E-state index contributed by atoms with van der Waals surface area (Å²) in [6.07, 6.45) is 3.98. The van der Waals surface area contributed by atoms with E-state index < -0.39 is 0 Å². The zero-order valence-electron chi connectivity index (χ0n) is 9.05. The first-order chi connectivity index (χ1) is 6.74. The van der Waals surface area contributed by atoms with Crippen LogP contribution in [-0.4, -0.2) is 6.61 Å². The molecule has 0 aromatic heterocycles. The number of benzene rings is 1. The highest BCUT2D eigenvalue weighted by Gasteiger charge is 1.98. The third kappa shape index (κ3) is 3.25. The van der Waals surface area contributed by atoms with Gasteiger partial charge in [0.25, 0.3) is 0 Å². The first kappa shape index (κ1) is 10.8. The zero-order valence-corrected chi connectivity index (χ0v) is 9.05. The summed E-state index contributed by atoms with van der Waals surface area (Å²) in [6, 6.07) is 6.26. The molecule has 0 radical (unpaired) electrons. The smallest absolute Gasteiger partial charge is 0.122 e. The lowest BCUT2D eigenvalue weighted by Crippen LogP contribution is -1.98. The van der Waals surface area contributed by atoms with Crippen molar-refractivity contribution in [1.82, 2.24) is 0 Å². The van der Waals surface area contributed by atoms with Crippen molar-refractivity contribution >= 4 is 0 Å². The standard InChI is InChI=1S/C13H18O/c1-4-5-6-9-14-13-8-7-11(2)10-12(13)3/h4,7-8,10H,1,5-6,9H2,2-3H3. The van der Waals surface area contributed by atoms with Crippen molar-refractivity contribution in [2.45, 2.75) is 26.7 Å². The van der Waals surface area contributed by atoms with Gasteiger partial charge in [-0.2, -0.15) is 0 Å². The minimum Gasteiger partial charge on any atom is -0.493 e. The second-order valence-corrected chi connectivity index (χ2v) is 3.55. The van der Waals surface area contributed by atoms with Crippen molar-refractivity contribution < 1.29 is 4.74 Å². The number of unbranched alkanes of at least 4 members (excludes halogenated alkanes) is 1. The fourth-order valence-corrected chi connectivity index (χ4v) is 1.37. The van der Waals surface area contributed by atoms with Crippen LogP contribution in [-0.2, 0) is 0 Å². The molecule has 0 bridgehead atoms. The van der Waals surface area contributed by atoms with Gasteiger partial charge in [-0.25, -0.2) is 0 Å². The third-order valence-corrected chi connectivity index (χ3v) is 2.14. The van der Waals surface area contributed by atoms with Gasteiger partial charge in [0.2, 0.25) is 0 Å². The van der Waals surface area contributed by atoms with Gasteiger partial charge in [0.1, 0.15) is 5.75 Å². The molecule has 1 nitrogen and oxygen atoms in total. The Balaban J connectivity index is 2.46. The maximum Gasteiger partial charge on any atom is 0.122 e. The molecule has 0 aliphatic heterocycles. The molecule has 0 aliphatic carbocycles. The molecule has 1 rings (SSSR count). The molecule has 0 saturated carbocycles. The molecule has 0 atom stereocenters. The SMILES string of the molecule is C=CCCCOc1ccc(C)cc1C. The molecule has 0 heterocycles. The molecule has 0 fully saturated rings. The van der Waals surface area contributed by atoms with Crippen molar-refractivity contribution in [3.63, 3.8) is 0 Å². The Morgan fingerprint density at radius 1 is 1.36 bits per heavy atom. The van der Waals surface area contributed by atoms with Gasteiger partial charge < -0.3 is 4.74 Å². The lowest BCUT2D eigenvalue weighted by Gasteiger charge is -2.08. The molecule has 1 aromatic rings. The van der Waals surface area contributed by atoms with E-state index in [-0.39, 0.29) is 0 Å². The Kier molecular flexibility index (Phi) is 4.24. The number of rotatable bonds is 5. The molecular formula is C13H18O. The maximum absolute atomic E-state index is 5.65. The first-order valence-corrected chi connectivity index (χ1v) is 5.05. The van der Waals surface area contributed by atoms with Gasteiger partial charge in [-0.3, -0.25) is 0 Å². The summed E-state index contributed by atoms with van der Waals surface area (Å²) in [5.41, 5.74) is 2.49. The monoisotopic (exact) mass is 190 g/mol. The van der Waals surface area contributed by atoms with E-state index in [2.05, 4.69) is 32.6 Å². The van der Waals surface area contributed by atoms with Crippen molar-refractivity contribution in [1.29, 1.82) is 0 Å². The minimum absolute atomic E-state index is 0.774. The van der Waals surface area contributed by atoms with Crippen LogP contribution < -0.4 is 4.74 Å². The van der Waals surface area contributed by atoms with Crippen LogP contribution in [0.4, 0.5) is 0 Å². The Hall–Kier alpha value is -1.24. The van der Waals surface area contributed by atoms with Crippen molar-refractivity contribution in [2.75, 3.05) is 6.61 Å². The average Bonchev–Trinajstić information content (AvgIpc) is 2.15. The van der Waals surface area contributed by atoms with Gasteiger partial charge in [0.15, 0.2) is 0 Å². The minimum atomic E-state index is 0.774. The fraction of sp³-hybridized carbons (Fsp3) is 0.385. The summed E-state index contributed by atoms with van der Waals surface area (Å²) >= 11 is 0. The Labute approximate surface area is 86.4 Å². The quantitative estimate of drug-likeness (QED) is 0.508. The number of ether oxygens (including phenoxy) is 1. The molecular weight excluding hydrogens is 172 g/mol. The summed E-state index contributed by atoms with van der Waals surface area (Å²) in [6.45, 7) is 8.62. The molecule has 0 saturated heterocycles. The molecule has 0 aliphatic rings. The Bertz CT molecular complexity index is 302. The van der Waals surface area contributed by atoms with Gasteiger partial charge in [-0.1, -0.05) is 23.8 Å². The molecule has 76 valence electrons. The summed E-state index contributed by atoms with van der Waals surface area (Å²) in [4.78, 5) is 0. The predicted octanol–water partition coefficient (Wildman–Crippen LogP) is 3.65. The Morgan fingerprint density at radius 3 is 2.79 bits per heavy atom. The number of hydrogen-bond donors (Lipinski definition) is 0. The summed E-state index contributed by atoms with van der Waals surface area (Å²) in [7, 11) is 0. The summed E-state index contributed by atoms with van der Waals surface area (Å²) in [5, 5.41) is 0. The van der Waals surface area contributed by atoms with Crippen molar-refractivity contribution in [2.24, 2.45) is 0 Å². The van der Waals surface area contributed by atoms with Crippen LogP contribution in [0.2, 0.25) is 0 Å². The maximum atomic E-state index is 5.65. The van der Waals surface area contributed by atoms with Gasteiger partial charge in [0, 0.05) is 0 Å². The van der Waals surface area contributed by atoms with E-state index in [1.807, 2.05) is 12.1 Å². The van der Waals surface area contributed by atoms with E-state index in [9.17, 15) is 0 Å². The van der Waals surface area contributed by atoms with Crippen molar-refractivity contribution in [3.05, 3.63) is 42.0 Å². The van der Waals surface area contributed by atoms with Gasteiger partial charge >= 0.3 is 0 Å². The highest BCUT2D eigenvalue weighted by molar-refractivity contribution is 5.35. The van der Waals surface area contributed by atoms with Gasteiger partial charge in [-0.05, 0) is 38.3 Å². The van der Waals surface area contributed by atoms with E-state index >= 15 is 0 Å². The van der Waals surface area contributed by atoms with Crippen LogP contribution in [0.1, 0.15) is 24.0 Å². The van der Waals surface area contributed by atoms with Crippen LogP contribution in [0.25, 0.3) is 0 Å². The normalized spacial score (nSPS) is 9.86. The van der Waals surface area contributed by atoms with Crippen LogP contribution in [0.5, 0.6) is 5.75 Å². The summed E-state index contributed by atoms with van der Waals surface area (Å²) in [5.74, 6) is 1.000. The van der Waals surface area contributed by atoms with Crippen LogP contribution in [0, 0.1) is 13.8 Å². The van der Waals surface area contributed by atoms with Crippen LogP contribution in [0.3, 0.4) is 0 Å². The van der Waals surface area contributed by atoms with E-state index in [4.69, 9.17) is 4.74 Å². The molecule has 1 aromatic carbocycles. The van der Waals surface area contributed by atoms with Gasteiger partial charge in [0.05, 0.1) is 6.61 Å². The highest BCUT2D eigenvalue weighted by Crippen LogP contribution is 2.18. The molecule has 1 heteroatoms. The number of aryl methyl sites for hydroxylation is 2. The highest BCUT2D eigenvalue weighted by atomic mass is 16.5. The zero-order chi connectivity index (χ0) is 10.4. The second kappa shape index (κ2) is 5.48. The predicted molar refractivity (Wildman–Crippen MR) is 60.8 cm³/mol. The van der Waals surface area contributed by atoms with E-state index in [0.29, 0.717) is 0 Å². The van der Waals surface area contributed by atoms with E-state index in [0.717, 1.165) is 25.2 Å².